The van der Waals surface area contributed by atoms with Crippen molar-refractivity contribution in [2.45, 2.75) is 12.8 Å². The van der Waals surface area contributed by atoms with Gasteiger partial charge in [0.25, 0.3) is 11.8 Å². The summed E-state index contributed by atoms with van der Waals surface area (Å²) < 4.78 is 0. The summed E-state index contributed by atoms with van der Waals surface area (Å²) in [6.07, 6.45) is 1.96. The number of phenols is 1. The minimum absolute atomic E-state index is 0.101. The lowest BCUT2D eigenvalue weighted by molar-refractivity contribution is 0.0846. The number of carbonyl (C=O) groups excluding carboxylic acids is 2. The van der Waals surface area contributed by atoms with Crippen LogP contribution in [0.4, 0.5) is 0 Å². The van der Waals surface area contributed by atoms with Crippen molar-refractivity contribution in [1.29, 1.82) is 0 Å². The zero-order valence-corrected chi connectivity index (χ0v) is 15.5. The first-order chi connectivity index (χ1) is 14.1. The van der Waals surface area contributed by atoms with Crippen LogP contribution < -0.4 is 10.9 Å². The van der Waals surface area contributed by atoms with Crippen LogP contribution in [0.2, 0.25) is 0 Å². The Morgan fingerprint density at radius 2 is 1.38 bits per heavy atom. The lowest BCUT2D eigenvalue weighted by atomic mass is 9.99. The van der Waals surface area contributed by atoms with Gasteiger partial charge in [0, 0.05) is 5.56 Å². The predicted octanol–water partition coefficient (Wildman–Crippen LogP) is 3.87. The Morgan fingerprint density at radius 1 is 0.724 bits per heavy atom. The van der Waals surface area contributed by atoms with Gasteiger partial charge in [0.1, 0.15) is 5.75 Å². The van der Waals surface area contributed by atoms with Crippen molar-refractivity contribution in [3.8, 4) is 5.75 Å². The van der Waals surface area contributed by atoms with Crippen LogP contribution in [0.1, 0.15) is 31.8 Å². The number of hydrogen-bond donors (Lipinski definition) is 3. The lowest BCUT2D eigenvalue weighted by Crippen LogP contribution is -2.41. The molecule has 4 aromatic rings. The molecule has 0 unspecified atom stereocenters. The molecule has 0 radical (unpaired) electrons. The van der Waals surface area contributed by atoms with Crippen LogP contribution in [0.15, 0.2) is 66.7 Å². The van der Waals surface area contributed by atoms with E-state index in [1.807, 2.05) is 42.5 Å². The maximum atomic E-state index is 12.7. The van der Waals surface area contributed by atoms with E-state index in [2.05, 4.69) is 16.9 Å². The van der Waals surface area contributed by atoms with Crippen LogP contribution in [0.5, 0.6) is 5.75 Å². The molecule has 0 bridgehead atoms. The SMILES string of the molecule is O=C(NNC(=O)c1ccc2c3c(cccc13)CC2)c1cc2ccccc2cc1O. The van der Waals surface area contributed by atoms with Crippen molar-refractivity contribution >= 4 is 33.4 Å². The highest BCUT2D eigenvalue weighted by molar-refractivity contribution is 6.10. The Labute approximate surface area is 166 Å². The molecule has 4 aromatic carbocycles. The van der Waals surface area contributed by atoms with Crippen molar-refractivity contribution in [3.05, 3.63) is 89.0 Å². The van der Waals surface area contributed by atoms with Gasteiger partial charge < -0.3 is 5.11 Å². The zero-order chi connectivity index (χ0) is 20.0. The third-order valence-electron chi connectivity index (χ3n) is 5.52. The zero-order valence-electron chi connectivity index (χ0n) is 15.5. The first-order valence-electron chi connectivity index (χ1n) is 9.48. The highest BCUT2D eigenvalue weighted by Gasteiger charge is 2.19. The highest BCUT2D eigenvalue weighted by atomic mass is 16.3. The molecule has 1 aliphatic carbocycles. The Hall–Kier alpha value is -3.86. The van der Waals surface area contributed by atoms with Gasteiger partial charge in [-0.1, -0.05) is 48.5 Å². The minimum atomic E-state index is -0.576. The van der Waals surface area contributed by atoms with Gasteiger partial charge in [-0.15, -0.1) is 0 Å². The molecule has 0 fully saturated rings. The fraction of sp³-hybridized carbons (Fsp3) is 0.0833. The molecular formula is C24H18N2O3. The van der Waals surface area contributed by atoms with E-state index in [9.17, 15) is 14.7 Å². The number of benzene rings is 4. The van der Waals surface area contributed by atoms with E-state index in [-0.39, 0.29) is 11.3 Å². The molecule has 0 saturated carbocycles. The lowest BCUT2D eigenvalue weighted by Gasteiger charge is -2.12. The van der Waals surface area contributed by atoms with E-state index in [0.717, 1.165) is 34.4 Å². The average Bonchev–Trinajstić information content (AvgIpc) is 3.16. The van der Waals surface area contributed by atoms with Gasteiger partial charge in [0.05, 0.1) is 5.56 Å². The van der Waals surface area contributed by atoms with Gasteiger partial charge in [-0.3, -0.25) is 20.4 Å². The van der Waals surface area contributed by atoms with Crippen molar-refractivity contribution in [3.63, 3.8) is 0 Å². The van der Waals surface area contributed by atoms with Gasteiger partial charge >= 0.3 is 0 Å². The minimum Gasteiger partial charge on any atom is -0.507 e. The summed E-state index contributed by atoms with van der Waals surface area (Å²) in [7, 11) is 0. The van der Waals surface area contributed by atoms with Crippen LogP contribution in [-0.2, 0) is 12.8 Å². The standard InChI is InChI=1S/C24H18N2O3/c27-21-13-17-5-2-1-4-16(17)12-20(21)24(29)26-25-23(28)19-11-10-15-9-8-14-6-3-7-18(19)22(14)15/h1-7,10-13,27H,8-9H2,(H,25,28)(H,26,29). The summed E-state index contributed by atoms with van der Waals surface area (Å²) in [5.41, 5.74) is 7.99. The molecule has 0 heterocycles. The molecule has 3 N–H and O–H groups in total. The molecule has 0 atom stereocenters. The number of phenolic OH excluding ortho intramolecular Hbond substituents is 1. The molecule has 142 valence electrons. The van der Waals surface area contributed by atoms with Crippen LogP contribution in [0.3, 0.4) is 0 Å². The second kappa shape index (κ2) is 6.63. The third-order valence-corrected chi connectivity index (χ3v) is 5.52. The van der Waals surface area contributed by atoms with Gasteiger partial charge in [-0.25, -0.2) is 0 Å². The summed E-state index contributed by atoms with van der Waals surface area (Å²) >= 11 is 0. The molecule has 0 aliphatic heterocycles. The quantitative estimate of drug-likeness (QED) is 0.461. The third kappa shape index (κ3) is 2.88. The number of hydrazine groups is 1. The fourth-order valence-corrected chi connectivity index (χ4v) is 4.10. The number of nitrogens with one attached hydrogen (secondary N) is 2. The second-order valence-electron chi connectivity index (χ2n) is 7.24. The van der Waals surface area contributed by atoms with E-state index in [1.165, 1.54) is 17.2 Å². The molecule has 0 saturated heterocycles. The van der Waals surface area contributed by atoms with Gasteiger partial charge in [-0.05, 0) is 63.7 Å². The van der Waals surface area contributed by atoms with Gasteiger partial charge in [0.15, 0.2) is 0 Å². The van der Waals surface area contributed by atoms with Gasteiger partial charge in [-0.2, -0.15) is 0 Å². The summed E-state index contributed by atoms with van der Waals surface area (Å²) in [6.45, 7) is 0. The Morgan fingerprint density at radius 3 is 2.14 bits per heavy atom. The van der Waals surface area contributed by atoms with Crippen LogP contribution in [-0.4, -0.2) is 16.9 Å². The van der Waals surface area contributed by atoms with Crippen LogP contribution >= 0.6 is 0 Å². The molecule has 29 heavy (non-hydrogen) atoms. The van der Waals surface area contributed by atoms with Crippen molar-refractivity contribution in [1.82, 2.24) is 10.9 Å². The molecule has 5 rings (SSSR count). The number of amides is 2. The maximum Gasteiger partial charge on any atom is 0.273 e. The summed E-state index contributed by atoms with van der Waals surface area (Å²) in [6, 6.07) is 20.3. The Balaban J connectivity index is 1.40. The number of aromatic hydroxyl groups is 1. The van der Waals surface area contributed by atoms with Crippen LogP contribution in [0.25, 0.3) is 21.5 Å². The fourth-order valence-electron chi connectivity index (χ4n) is 4.10. The predicted molar refractivity (Wildman–Crippen MR) is 112 cm³/mol. The van der Waals surface area contributed by atoms with Crippen LogP contribution in [0, 0.1) is 0 Å². The summed E-state index contributed by atoms with van der Waals surface area (Å²) in [4.78, 5) is 25.3. The molecular weight excluding hydrogens is 364 g/mol. The van der Waals surface area contributed by atoms with Crippen molar-refractivity contribution in [2.24, 2.45) is 0 Å². The topological polar surface area (TPSA) is 78.4 Å². The normalized spacial score (nSPS) is 12.3. The molecule has 5 nitrogen and oxygen atoms in total. The number of aryl methyl sites for hydroxylation is 2. The summed E-state index contributed by atoms with van der Waals surface area (Å²) in [5.74, 6) is -1.11. The van der Waals surface area contributed by atoms with Crippen molar-refractivity contribution < 1.29 is 14.7 Å². The average molecular weight is 382 g/mol. The molecule has 2 amide bonds. The van der Waals surface area contributed by atoms with Crippen molar-refractivity contribution in [2.75, 3.05) is 0 Å². The number of rotatable bonds is 2. The van der Waals surface area contributed by atoms with E-state index in [1.54, 1.807) is 12.1 Å². The Kier molecular flexibility index (Phi) is 3.95. The first kappa shape index (κ1) is 17.3. The number of carbonyl (C=O) groups is 2. The smallest absolute Gasteiger partial charge is 0.273 e. The summed E-state index contributed by atoms with van der Waals surface area (Å²) in [5, 5.41) is 13.9. The largest absolute Gasteiger partial charge is 0.507 e. The van der Waals surface area contributed by atoms with E-state index < -0.39 is 11.8 Å². The number of hydrogen-bond acceptors (Lipinski definition) is 3. The van der Waals surface area contributed by atoms with Gasteiger partial charge in [0.2, 0.25) is 0 Å². The first-order valence-corrected chi connectivity index (χ1v) is 9.48. The van der Waals surface area contributed by atoms with E-state index >= 15 is 0 Å². The van der Waals surface area contributed by atoms with E-state index in [4.69, 9.17) is 0 Å². The maximum absolute atomic E-state index is 12.7. The molecule has 0 spiro atoms. The molecule has 1 aliphatic rings. The Bertz CT molecular complexity index is 1300. The number of fused-ring (bicyclic) bond motifs is 1. The molecule has 5 heteroatoms. The molecule has 0 aromatic heterocycles. The highest BCUT2D eigenvalue weighted by Crippen LogP contribution is 2.32. The second-order valence-corrected chi connectivity index (χ2v) is 7.24. The van der Waals surface area contributed by atoms with E-state index in [0.29, 0.717) is 5.56 Å². The monoisotopic (exact) mass is 382 g/mol.